The summed E-state index contributed by atoms with van der Waals surface area (Å²) in [6.45, 7) is 0. The number of rotatable bonds is 5. The van der Waals surface area contributed by atoms with Gasteiger partial charge >= 0.3 is 5.97 Å². The number of anilines is 2. The fourth-order valence-electron chi connectivity index (χ4n) is 2.43. The number of hydrogen-bond donors (Lipinski definition) is 2. The Morgan fingerprint density at radius 1 is 1.20 bits per heavy atom. The molecule has 0 aliphatic carbocycles. The van der Waals surface area contributed by atoms with Gasteiger partial charge in [-0.3, -0.25) is 4.79 Å². The van der Waals surface area contributed by atoms with Crippen LogP contribution in [0.2, 0.25) is 0 Å². The Bertz CT molecular complexity index is 963. The molecule has 0 aliphatic rings. The summed E-state index contributed by atoms with van der Waals surface area (Å²) in [6.07, 6.45) is 1.07. The van der Waals surface area contributed by atoms with E-state index in [2.05, 4.69) is 15.3 Å². The van der Waals surface area contributed by atoms with E-state index in [0.29, 0.717) is 33.7 Å². The maximum absolute atomic E-state index is 13.4. The van der Waals surface area contributed by atoms with Crippen LogP contribution >= 0.6 is 0 Å². The number of fused-ring (bicyclic) bond motifs is 1. The third-order valence-electron chi connectivity index (χ3n) is 3.56. The molecule has 1 heterocycles. The van der Waals surface area contributed by atoms with Crippen LogP contribution in [-0.4, -0.2) is 28.2 Å². The summed E-state index contributed by atoms with van der Waals surface area (Å²) in [5.74, 6) is -2.22. The van der Waals surface area contributed by atoms with E-state index in [9.17, 15) is 13.6 Å². The van der Waals surface area contributed by atoms with Crippen molar-refractivity contribution >= 4 is 28.4 Å². The lowest BCUT2D eigenvalue weighted by Crippen LogP contribution is -2.04. The maximum atomic E-state index is 13.4. The van der Waals surface area contributed by atoms with Crippen LogP contribution in [0.15, 0.2) is 36.7 Å². The molecule has 3 aromatic rings. The van der Waals surface area contributed by atoms with Gasteiger partial charge in [-0.15, -0.1) is 0 Å². The van der Waals surface area contributed by atoms with Crippen LogP contribution in [0.4, 0.5) is 20.3 Å². The van der Waals surface area contributed by atoms with Crippen LogP contribution in [0.1, 0.15) is 5.56 Å². The van der Waals surface area contributed by atoms with Gasteiger partial charge in [0.15, 0.2) is 11.6 Å². The lowest BCUT2D eigenvalue weighted by molar-refractivity contribution is -0.136. The largest absolute Gasteiger partial charge is 0.496 e. The number of methoxy groups -OCH3 is 1. The van der Waals surface area contributed by atoms with Crippen LogP contribution in [0.5, 0.6) is 5.75 Å². The lowest BCUT2D eigenvalue weighted by Gasteiger charge is -2.12. The molecule has 0 atom stereocenters. The molecule has 0 aliphatic heterocycles. The van der Waals surface area contributed by atoms with Crippen LogP contribution in [-0.2, 0) is 11.2 Å². The summed E-state index contributed by atoms with van der Waals surface area (Å²) in [5, 5.41) is 12.5. The summed E-state index contributed by atoms with van der Waals surface area (Å²) in [5.41, 5.74) is 1.27. The zero-order chi connectivity index (χ0) is 18.0. The Hall–Kier alpha value is -3.29. The molecule has 1 aromatic heterocycles. The topological polar surface area (TPSA) is 84.3 Å². The van der Waals surface area contributed by atoms with Crippen molar-refractivity contribution in [3.63, 3.8) is 0 Å². The lowest BCUT2D eigenvalue weighted by atomic mass is 10.1. The van der Waals surface area contributed by atoms with Crippen molar-refractivity contribution in [2.45, 2.75) is 6.42 Å². The van der Waals surface area contributed by atoms with Gasteiger partial charge < -0.3 is 15.2 Å². The van der Waals surface area contributed by atoms with Crippen molar-refractivity contribution < 1.29 is 23.4 Å². The molecule has 0 fully saturated rings. The van der Waals surface area contributed by atoms with E-state index < -0.39 is 17.6 Å². The van der Waals surface area contributed by atoms with E-state index >= 15 is 0 Å². The first-order valence-corrected chi connectivity index (χ1v) is 7.23. The van der Waals surface area contributed by atoms with E-state index in [-0.39, 0.29) is 6.42 Å². The third kappa shape index (κ3) is 3.47. The number of carboxylic acids is 1. The number of carboxylic acid groups (broad SMARTS) is 1. The number of halogens is 2. The van der Waals surface area contributed by atoms with E-state index in [4.69, 9.17) is 9.84 Å². The molecule has 128 valence electrons. The number of hydrogen-bond acceptors (Lipinski definition) is 5. The molecule has 0 bridgehead atoms. The Kier molecular flexibility index (Phi) is 4.42. The molecule has 0 spiro atoms. The SMILES string of the molecule is COc1cc2ncnc(Nc3ccc(F)c(F)c3)c2cc1CC(=O)O. The molecule has 0 saturated carbocycles. The molecule has 2 aromatic carbocycles. The molecule has 25 heavy (non-hydrogen) atoms. The van der Waals surface area contributed by atoms with Gasteiger partial charge in [-0.25, -0.2) is 18.7 Å². The predicted octanol–water partition coefficient (Wildman–Crippen LogP) is 3.29. The molecule has 0 amide bonds. The van der Waals surface area contributed by atoms with Gasteiger partial charge in [0.2, 0.25) is 0 Å². The molecule has 0 unspecified atom stereocenters. The second-order valence-electron chi connectivity index (χ2n) is 5.23. The smallest absolute Gasteiger partial charge is 0.307 e. The van der Waals surface area contributed by atoms with Gasteiger partial charge in [-0.2, -0.15) is 0 Å². The normalized spacial score (nSPS) is 10.7. The molecule has 8 heteroatoms. The van der Waals surface area contributed by atoms with Gasteiger partial charge in [0, 0.05) is 28.8 Å². The van der Waals surface area contributed by atoms with Crippen molar-refractivity contribution in [3.8, 4) is 5.75 Å². The molecular weight excluding hydrogens is 332 g/mol. The number of nitrogens with one attached hydrogen (secondary N) is 1. The second-order valence-corrected chi connectivity index (χ2v) is 5.23. The summed E-state index contributed by atoms with van der Waals surface area (Å²) < 4.78 is 31.6. The fraction of sp³-hybridized carbons (Fsp3) is 0.118. The summed E-state index contributed by atoms with van der Waals surface area (Å²) in [7, 11) is 1.44. The number of carbonyl (C=O) groups is 1. The summed E-state index contributed by atoms with van der Waals surface area (Å²) in [4.78, 5) is 19.3. The van der Waals surface area contributed by atoms with E-state index in [1.54, 1.807) is 12.1 Å². The Labute approximate surface area is 141 Å². The van der Waals surface area contributed by atoms with Gasteiger partial charge in [0.1, 0.15) is 17.9 Å². The highest BCUT2D eigenvalue weighted by Gasteiger charge is 2.13. The zero-order valence-electron chi connectivity index (χ0n) is 13.1. The number of benzene rings is 2. The first-order valence-electron chi connectivity index (χ1n) is 7.23. The molecular formula is C17H13F2N3O3. The van der Waals surface area contributed by atoms with Crippen LogP contribution in [0.25, 0.3) is 10.9 Å². The van der Waals surface area contributed by atoms with Crippen molar-refractivity contribution in [3.05, 3.63) is 53.9 Å². The number of ether oxygens (including phenoxy) is 1. The van der Waals surface area contributed by atoms with Crippen molar-refractivity contribution in [2.75, 3.05) is 12.4 Å². The molecule has 0 saturated heterocycles. The van der Waals surface area contributed by atoms with Crippen molar-refractivity contribution in [1.29, 1.82) is 0 Å². The van der Waals surface area contributed by atoms with Gasteiger partial charge in [0.25, 0.3) is 0 Å². The predicted molar refractivity (Wildman–Crippen MR) is 87.1 cm³/mol. The number of nitrogens with zero attached hydrogens (tertiary/aromatic N) is 2. The summed E-state index contributed by atoms with van der Waals surface area (Å²) >= 11 is 0. The van der Waals surface area contributed by atoms with Crippen molar-refractivity contribution in [1.82, 2.24) is 9.97 Å². The highest BCUT2D eigenvalue weighted by atomic mass is 19.2. The first kappa shape index (κ1) is 16.6. The minimum atomic E-state index is -1.01. The Balaban J connectivity index is 2.08. The molecule has 2 N–H and O–H groups in total. The molecule has 0 radical (unpaired) electrons. The average molecular weight is 345 g/mol. The highest BCUT2D eigenvalue weighted by Crippen LogP contribution is 2.30. The minimum Gasteiger partial charge on any atom is -0.496 e. The second kappa shape index (κ2) is 6.68. The molecule has 3 rings (SSSR count). The average Bonchev–Trinajstić information content (AvgIpc) is 2.57. The Morgan fingerprint density at radius 2 is 2.00 bits per heavy atom. The van der Waals surface area contributed by atoms with E-state index in [0.717, 1.165) is 12.1 Å². The molecule has 6 nitrogen and oxygen atoms in total. The standard InChI is InChI=1S/C17H13F2N3O3/c1-25-15-7-14-11(4-9(15)5-16(23)24)17(21-8-20-14)22-10-2-3-12(18)13(19)6-10/h2-4,6-8H,5H2,1H3,(H,23,24)(H,20,21,22). The van der Waals surface area contributed by atoms with Crippen LogP contribution < -0.4 is 10.1 Å². The third-order valence-corrected chi connectivity index (χ3v) is 3.56. The number of aliphatic carboxylic acids is 1. The Morgan fingerprint density at radius 3 is 2.68 bits per heavy atom. The minimum absolute atomic E-state index is 0.237. The fourth-order valence-corrected chi connectivity index (χ4v) is 2.43. The maximum Gasteiger partial charge on any atom is 0.307 e. The monoisotopic (exact) mass is 345 g/mol. The summed E-state index contributed by atoms with van der Waals surface area (Å²) in [6, 6.07) is 6.58. The van der Waals surface area contributed by atoms with E-state index in [1.807, 2.05) is 0 Å². The van der Waals surface area contributed by atoms with E-state index in [1.165, 1.54) is 19.5 Å². The van der Waals surface area contributed by atoms with Crippen LogP contribution in [0.3, 0.4) is 0 Å². The highest BCUT2D eigenvalue weighted by molar-refractivity contribution is 5.93. The van der Waals surface area contributed by atoms with Crippen LogP contribution in [0, 0.1) is 11.6 Å². The first-order chi connectivity index (χ1) is 12.0. The van der Waals surface area contributed by atoms with Gasteiger partial charge in [-0.05, 0) is 18.2 Å². The van der Waals surface area contributed by atoms with Gasteiger partial charge in [0.05, 0.1) is 19.0 Å². The number of aromatic nitrogens is 2. The van der Waals surface area contributed by atoms with Crippen molar-refractivity contribution in [2.24, 2.45) is 0 Å². The quantitative estimate of drug-likeness (QED) is 0.738. The van der Waals surface area contributed by atoms with Gasteiger partial charge in [-0.1, -0.05) is 0 Å². The zero-order valence-corrected chi connectivity index (χ0v) is 13.1.